The molecule has 1 aromatic heterocycles. The van der Waals surface area contributed by atoms with Gasteiger partial charge in [0.2, 0.25) is 0 Å². The normalized spacial score (nSPS) is 13.6. The lowest BCUT2D eigenvalue weighted by atomic mass is 9.94. The SMILES string of the molecule is CC(C)C[C@H](CNS(=O)(=O)c1sccc1Br)CC(=O)O. The topological polar surface area (TPSA) is 83.5 Å². The van der Waals surface area contributed by atoms with E-state index in [1.807, 2.05) is 13.8 Å². The summed E-state index contributed by atoms with van der Waals surface area (Å²) < 4.78 is 27.5. The van der Waals surface area contributed by atoms with Crippen LogP contribution in [0, 0.1) is 11.8 Å². The minimum absolute atomic E-state index is 0.0354. The zero-order valence-electron chi connectivity index (χ0n) is 11.3. The Balaban J connectivity index is 2.71. The van der Waals surface area contributed by atoms with E-state index in [0.717, 1.165) is 11.3 Å². The highest BCUT2D eigenvalue weighted by Gasteiger charge is 2.22. The maximum Gasteiger partial charge on any atom is 0.303 e. The monoisotopic (exact) mass is 383 g/mol. The molecule has 0 fully saturated rings. The molecule has 0 saturated heterocycles. The van der Waals surface area contributed by atoms with E-state index in [4.69, 9.17) is 5.11 Å². The highest BCUT2D eigenvalue weighted by atomic mass is 79.9. The molecule has 0 amide bonds. The van der Waals surface area contributed by atoms with Crippen molar-refractivity contribution in [2.24, 2.45) is 11.8 Å². The molecule has 0 unspecified atom stereocenters. The number of thiophene rings is 1. The highest BCUT2D eigenvalue weighted by molar-refractivity contribution is 9.10. The smallest absolute Gasteiger partial charge is 0.303 e. The molecule has 0 aliphatic heterocycles. The van der Waals surface area contributed by atoms with Gasteiger partial charge in [-0.2, -0.15) is 0 Å². The van der Waals surface area contributed by atoms with E-state index in [-0.39, 0.29) is 23.1 Å². The summed E-state index contributed by atoms with van der Waals surface area (Å²) in [6, 6.07) is 1.67. The Hall–Kier alpha value is -0.440. The second kappa shape index (κ2) is 7.53. The van der Waals surface area contributed by atoms with Crippen LogP contribution in [0.15, 0.2) is 20.1 Å². The molecule has 2 N–H and O–H groups in total. The first kappa shape index (κ1) is 17.6. The standard InChI is InChI=1S/C12H18BrNO4S2/c1-8(2)5-9(6-11(15)16)7-14-20(17,18)12-10(13)3-4-19-12/h3-4,8-9,14H,5-7H2,1-2H3,(H,15,16)/t9-/m0/s1. The third-order valence-electron chi connectivity index (χ3n) is 2.66. The van der Waals surface area contributed by atoms with Gasteiger partial charge in [-0.1, -0.05) is 13.8 Å². The quantitative estimate of drug-likeness (QED) is 0.722. The number of hydrogen-bond donors (Lipinski definition) is 2. The van der Waals surface area contributed by atoms with Gasteiger partial charge >= 0.3 is 5.97 Å². The average molecular weight is 384 g/mol. The van der Waals surface area contributed by atoms with Crippen molar-refractivity contribution in [3.05, 3.63) is 15.9 Å². The van der Waals surface area contributed by atoms with E-state index >= 15 is 0 Å². The van der Waals surface area contributed by atoms with Crippen molar-refractivity contribution in [2.75, 3.05) is 6.54 Å². The number of carboxylic acid groups (broad SMARTS) is 1. The van der Waals surface area contributed by atoms with Gasteiger partial charge in [0.15, 0.2) is 0 Å². The summed E-state index contributed by atoms with van der Waals surface area (Å²) in [4.78, 5) is 10.8. The van der Waals surface area contributed by atoms with Crippen molar-refractivity contribution in [3.63, 3.8) is 0 Å². The molecule has 0 aliphatic rings. The van der Waals surface area contributed by atoms with Crippen molar-refractivity contribution in [3.8, 4) is 0 Å². The summed E-state index contributed by atoms with van der Waals surface area (Å²) in [5.41, 5.74) is 0. The molecule has 1 aromatic rings. The van der Waals surface area contributed by atoms with Crippen molar-refractivity contribution in [2.45, 2.75) is 30.9 Å². The maximum absolute atomic E-state index is 12.1. The third kappa shape index (κ3) is 5.51. The number of rotatable bonds is 8. The Bertz CT molecular complexity index is 554. The Labute approximate surface area is 131 Å². The number of sulfonamides is 1. The summed E-state index contributed by atoms with van der Waals surface area (Å²) in [7, 11) is -3.59. The molecule has 114 valence electrons. The summed E-state index contributed by atoms with van der Waals surface area (Å²) in [6.07, 6.45) is 0.632. The molecule has 1 rings (SSSR count). The maximum atomic E-state index is 12.1. The van der Waals surface area contributed by atoms with E-state index in [1.165, 1.54) is 0 Å². The van der Waals surface area contributed by atoms with Crippen LogP contribution in [0.5, 0.6) is 0 Å². The minimum atomic E-state index is -3.59. The summed E-state index contributed by atoms with van der Waals surface area (Å²) >= 11 is 4.31. The molecule has 0 aromatic carbocycles. The first-order valence-corrected chi connectivity index (χ1v) is 9.32. The van der Waals surface area contributed by atoms with Gasteiger partial charge in [-0.25, -0.2) is 13.1 Å². The molecule has 8 heteroatoms. The molecule has 20 heavy (non-hydrogen) atoms. The highest BCUT2D eigenvalue weighted by Crippen LogP contribution is 2.27. The zero-order chi connectivity index (χ0) is 15.3. The molecule has 5 nitrogen and oxygen atoms in total. The van der Waals surface area contributed by atoms with Gasteiger partial charge in [-0.3, -0.25) is 4.79 Å². The number of carboxylic acids is 1. The second-order valence-electron chi connectivity index (χ2n) is 5.00. The van der Waals surface area contributed by atoms with Crippen molar-refractivity contribution >= 4 is 43.3 Å². The number of halogens is 1. The summed E-state index contributed by atoms with van der Waals surface area (Å²) in [5.74, 6) is -0.800. The van der Waals surface area contributed by atoms with Gasteiger partial charge in [0, 0.05) is 17.4 Å². The Kier molecular flexibility index (Phi) is 6.63. The van der Waals surface area contributed by atoms with Gasteiger partial charge < -0.3 is 5.11 Å². The van der Waals surface area contributed by atoms with Crippen LogP contribution >= 0.6 is 27.3 Å². The minimum Gasteiger partial charge on any atom is -0.481 e. The lowest BCUT2D eigenvalue weighted by Crippen LogP contribution is -2.30. The van der Waals surface area contributed by atoms with Gasteiger partial charge in [0.05, 0.1) is 0 Å². The Morgan fingerprint density at radius 1 is 1.50 bits per heavy atom. The number of hydrogen-bond acceptors (Lipinski definition) is 4. The van der Waals surface area contributed by atoms with Crippen LogP contribution < -0.4 is 4.72 Å². The van der Waals surface area contributed by atoms with E-state index in [2.05, 4.69) is 20.7 Å². The van der Waals surface area contributed by atoms with Crippen molar-refractivity contribution < 1.29 is 18.3 Å². The fourth-order valence-corrected chi connectivity index (χ4v) is 5.41. The molecule has 0 spiro atoms. The number of carbonyl (C=O) groups is 1. The summed E-state index contributed by atoms with van der Waals surface area (Å²) in [5, 5.41) is 10.6. The fraction of sp³-hybridized carbons (Fsp3) is 0.583. The van der Waals surface area contributed by atoms with Gasteiger partial charge in [-0.05, 0) is 45.6 Å². The van der Waals surface area contributed by atoms with Crippen LogP contribution in [0.3, 0.4) is 0 Å². The van der Waals surface area contributed by atoms with Crippen LogP contribution in [-0.4, -0.2) is 26.0 Å². The van der Waals surface area contributed by atoms with Gasteiger partial charge in [0.25, 0.3) is 10.0 Å². The van der Waals surface area contributed by atoms with Crippen LogP contribution in [0.25, 0.3) is 0 Å². The Morgan fingerprint density at radius 2 is 2.15 bits per heavy atom. The fourth-order valence-electron chi connectivity index (χ4n) is 1.92. The predicted octanol–water partition coefficient (Wildman–Crippen LogP) is 2.93. The Morgan fingerprint density at radius 3 is 2.60 bits per heavy atom. The van der Waals surface area contributed by atoms with Crippen molar-refractivity contribution in [1.29, 1.82) is 0 Å². The number of aliphatic carboxylic acids is 1. The molecule has 0 saturated carbocycles. The van der Waals surface area contributed by atoms with Crippen LogP contribution in [0.1, 0.15) is 26.7 Å². The van der Waals surface area contributed by atoms with Gasteiger partial charge in [0.1, 0.15) is 4.21 Å². The van der Waals surface area contributed by atoms with Crippen molar-refractivity contribution in [1.82, 2.24) is 4.72 Å². The van der Waals surface area contributed by atoms with E-state index < -0.39 is 16.0 Å². The average Bonchev–Trinajstić information content (AvgIpc) is 2.72. The second-order valence-corrected chi connectivity index (χ2v) is 8.73. The molecule has 0 radical (unpaired) electrons. The number of nitrogens with one attached hydrogen (secondary N) is 1. The molecule has 0 bridgehead atoms. The zero-order valence-corrected chi connectivity index (χ0v) is 14.5. The molecular formula is C12H18BrNO4S2. The van der Waals surface area contributed by atoms with Crippen LogP contribution in [0.2, 0.25) is 0 Å². The first-order valence-electron chi connectivity index (χ1n) is 6.16. The summed E-state index contributed by atoms with van der Waals surface area (Å²) in [6.45, 7) is 4.11. The molecular weight excluding hydrogens is 366 g/mol. The third-order valence-corrected chi connectivity index (χ3v) is 6.75. The van der Waals surface area contributed by atoms with Crippen LogP contribution in [0.4, 0.5) is 0 Å². The van der Waals surface area contributed by atoms with E-state index in [0.29, 0.717) is 16.8 Å². The lowest BCUT2D eigenvalue weighted by molar-refractivity contribution is -0.138. The first-order chi connectivity index (χ1) is 9.22. The predicted molar refractivity (Wildman–Crippen MR) is 82.4 cm³/mol. The lowest BCUT2D eigenvalue weighted by Gasteiger charge is -2.17. The van der Waals surface area contributed by atoms with Gasteiger partial charge in [-0.15, -0.1) is 11.3 Å². The van der Waals surface area contributed by atoms with E-state index in [1.54, 1.807) is 11.4 Å². The molecule has 1 atom stereocenters. The van der Waals surface area contributed by atoms with Crippen LogP contribution in [-0.2, 0) is 14.8 Å². The molecule has 0 aliphatic carbocycles. The molecule has 1 heterocycles. The van der Waals surface area contributed by atoms with E-state index in [9.17, 15) is 13.2 Å². The largest absolute Gasteiger partial charge is 0.481 e.